The smallest absolute Gasteiger partial charge is 0.410 e. The van der Waals surface area contributed by atoms with Crippen molar-refractivity contribution in [3.8, 4) is 11.1 Å². The highest BCUT2D eigenvalue weighted by molar-refractivity contribution is 7.90. The van der Waals surface area contributed by atoms with Gasteiger partial charge in [-0.15, -0.1) is 0 Å². The van der Waals surface area contributed by atoms with E-state index in [0.29, 0.717) is 24.5 Å². The molecule has 180 valence electrons. The molecule has 6 nitrogen and oxygen atoms in total. The number of ether oxygens (including phenoxy) is 1. The predicted octanol–water partition coefficient (Wildman–Crippen LogP) is 5.43. The molecule has 33 heavy (non-hydrogen) atoms. The molecule has 1 amide bonds. The molecule has 0 aromatic heterocycles. The fourth-order valence-electron chi connectivity index (χ4n) is 3.88. The molecule has 0 aliphatic carbocycles. The lowest BCUT2D eigenvalue weighted by Gasteiger charge is -2.39. The van der Waals surface area contributed by atoms with Crippen LogP contribution in [0.25, 0.3) is 11.1 Å². The van der Waals surface area contributed by atoms with Crippen molar-refractivity contribution in [1.82, 2.24) is 9.62 Å². The number of nitrogens with zero attached hydrogens (tertiary/aromatic N) is 1. The zero-order valence-corrected chi connectivity index (χ0v) is 21.4. The summed E-state index contributed by atoms with van der Waals surface area (Å²) in [6.45, 7) is 9.61. The van der Waals surface area contributed by atoms with Crippen LogP contribution in [0.3, 0.4) is 0 Å². The Labute approximate surface area is 202 Å². The van der Waals surface area contributed by atoms with Crippen LogP contribution >= 0.6 is 11.6 Å². The molecule has 2 aromatic carbocycles. The van der Waals surface area contributed by atoms with Gasteiger partial charge in [-0.3, -0.25) is 0 Å². The zero-order chi connectivity index (χ0) is 24.4. The van der Waals surface area contributed by atoms with Crippen LogP contribution in [0.4, 0.5) is 4.79 Å². The van der Waals surface area contributed by atoms with E-state index in [1.54, 1.807) is 18.7 Å². The van der Waals surface area contributed by atoms with Crippen LogP contribution in [-0.2, 0) is 14.8 Å². The molecule has 2 aromatic rings. The second-order valence-electron chi connectivity index (χ2n) is 9.74. The van der Waals surface area contributed by atoms with E-state index in [0.717, 1.165) is 16.7 Å². The maximum atomic E-state index is 12.7. The molecule has 1 aliphatic heterocycles. The van der Waals surface area contributed by atoms with Gasteiger partial charge < -0.3 is 9.64 Å². The minimum atomic E-state index is -3.46. The monoisotopic (exact) mass is 492 g/mol. The molecule has 1 aliphatic rings. The van der Waals surface area contributed by atoms with Gasteiger partial charge in [0, 0.05) is 35.6 Å². The number of amides is 1. The Kier molecular flexibility index (Phi) is 7.76. The Morgan fingerprint density at radius 1 is 1.12 bits per heavy atom. The highest BCUT2D eigenvalue weighted by Gasteiger charge is 2.36. The van der Waals surface area contributed by atoms with Crippen LogP contribution in [0.15, 0.2) is 48.5 Å². The number of sulfonamides is 1. The molecule has 1 heterocycles. The number of halogens is 1. The summed E-state index contributed by atoms with van der Waals surface area (Å²) >= 11 is 6.34. The molecule has 1 saturated heterocycles. The van der Waals surface area contributed by atoms with Crippen molar-refractivity contribution in [2.45, 2.75) is 63.9 Å². The number of piperidine rings is 1. The lowest BCUT2D eigenvalue weighted by molar-refractivity contribution is 0.0182. The van der Waals surface area contributed by atoms with Crippen molar-refractivity contribution in [2.24, 2.45) is 0 Å². The number of carbonyl (C=O) groups is 1. The van der Waals surface area contributed by atoms with Crippen LogP contribution < -0.4 is 4.72 Å². The summed E-state index contributed by atoms with van der Waals surface area (Å²) in [6, 6.07) is 15.3. The standard InChI is InChI=1S/C25H33ClN2O4S/c1-17(2)33(30,31)27-23-14-15-28(24(29)32-25(3,4)5)16-21(23)19-12-10-18(11-13-19)20-8-6-7-9-22(20)26/h6-13,17,21,23,27H,14-16H2,1-5H3/t21-,23+/m1/s1. The number of benzene rings is 2. The predicted molar refractivity (Wildman–Crippen MR) is 133 cm³/mol. The molecule has 0 bridgehead atoms. The van der Waals surface area contributed by atoms with Crippen LogP contribution in [0.5, 0.6) is 0 Å². The molecule has 0 radical (unpaired) electrons. The zero-order valence-electron chi connectivity index (χ0n) is 19.8. The number of hydrogen-bond donors (Lipinski definition) is 1. The third-order valence-corrected chi connectivity index (χ3v) is 7.93. The van der Waals surface area contributed by atoms with E-state index < -0.39 is 20.9 Å². The maximum absolute atomic E-state index is 12.7. The van der Waals surface area contributed by atoms with Crippen LogP contribution in [-0.4, -0.2) is 49.4 Å². The van der Waals surface area contributed by atoms with E-state index in [9.17, 15) is 13.2 Å². The van der Waals surface area contributed by atoms with Crippen molar-refractivity contribution in [1.29, 1.82) is 0 Å². The third-order valence-electron chi connectivity index (χ3n) is 5.72. The Balaban J connectivity index is 1.89. The van der Waals surface area contributed by atoms with Gasteiger partial charge in [0.05, 0.1) is 5.25 Å². The Morgan fingerprint density at radius 3 is 2.33 bits per heavy atom. The topological polar surface area (TPSA) is 75.7 Å². The van der Waals surface area contributed by atoms with Gasteiger partial charge in [-0.25, -0.2) is 17.9 Å². The average molecular weight is 493 g/mol. The summed E-state index contributed by atoms with van der Waals surface area (Å²) in [5.74, 6) is -0.208. The summed E-state index contributed by atoms with van der Waals surface area (Å²) in [6.07, 6.45) is 0.118. The lowest BCUT2D eigenvalue weighted by Crippen LogP contribution is -2.53. The molecule has 8 heteroatoms. The van der Waals surface area contributed by atoms with E-state index in [1.807, 2.05) is 69.3 Å². The Bertz CT molecular complexity index is 1080. The molecule has 1 fully saturated rings. The van der Waals surface area contributed by atoms with E-state index in [4.69, 9.17) is 16.3 Å². The maximum Gasteiger partial charge on any atom is 0.410 e. The molecule has 2 atom stereocenters. The highest BCUT2D eigenvalue weighted by Crippen LogP contribution is 2.33. The summed E-state index contributed by atoms with van der Waals surface area (Å²) < 4.78 is 33.7. The number of nitrogens with one attached hydrogen (secondary N) is 1. The molecule has 0 saturated carbocycles. The lowest BCUT2D eigenvalue weighted by atomic mass is 9.86. The van der Waals surface area contributed by atoms with Gasteiger partial charge in [-0.05, 0) is 58.2 Å². The van der Waals surface area contributed by atoms with E-state index in [-0.39, 0.29) is 18.1 Å². The number of carbonyl (C=O) groups excluding carboxylic acids is 1. The van der Waals surface area contributed by atoms with Crippen molar-refractivity contribution < 1.29 is 17.9 Å². The van der Waals surface area contributed by atoms with Gasteiger partial charge in [0.25, 0.3) is 0 Å². The van der Waals surface area contributed by atoms with Gasteiger partial charge in [0.15, 0.2) is 0 Å². The molecule has 1 N–H and O–H groups in total. The van der Waals surface area contributed by atoms with Gasteiger partial charge in [0.1, 0.15) is 5.60 Å². The van der Waals surface area contributed by atoms with Gasteiger partial charge in [-0.1, -0.05) is 54.1 Å². The number of likely N-dealkylation sites (tertiary alicyclic amines) is 1. The first-order valence-corrected chi connectivity index (χ1v) is 13.1. The van der Waals surface area contributed by atoms with Crippen molar-refractivity contribution in [3.63, 3.8) is 0 Å². The van der Waals surface area contributed by atoms with Crippen molar-refractivity contribution >= 4 is 27.7 Å². The van der Waals surface area contributed by atoms with Gasteiger partial charge in [0.2, 0.25) is 10.0 Å². The molecule has 3 rings (SSSR count). The first kappa shape index (κ1) is 25.5. The van der Waals surface area contributed by atoms with Gasteiger partial charge in [-0.2, -0.15) is 0 Å². The van der Waals surface area contributed by atoms with Gasteiger partial charge >= 0.3 is 6.09 Å². The van der Waals surface area contributed by atoms with Crippen molar-refractivity contribution in [2.75, 3.05) is 13.1 Å². The summed E-state index contributed by atoms with van der Waals surface area (Å²) in [5.41, 5.74) is 2.26. The second kappa shape index (κ2) is 10.0. The minimum Gasteiger partial charge on any atom is -0.444 e. The summed E-state index contributed by atoms with van der Waals surface area (Å²) in [4.78, 5) is 14.4. The third kappa shape index (κ3) is 6.49. The Morgan fingerprint density at radius 2 is 1.76 bits per heavy atom. The quantitative estimate of drug-likeness (QED) is 0.604. The first-order valence-electron chi connectivity index (χ1n) is 11.2. The first-order chi connectivity index (χ1) is 15.4. The molecular weight excluding hydrogens is 460 g/mol. The average Bonchev–Trinajstić information content (AvgIpc) is 2.73. The van der Waals surface area contributed by atoms with E-state index in [2.05, 4.69) is 4.72 Å². The highest BCUT2D eigenvalue weighted by atomic mass is 35.5. The van der Waals surface area contributed by atoms with E-state index >= 15 is 0 Å². The second-order valence-corrected chi connectivity index (χ2v) is 12.4. The van der Waals surface area contributed by atoms with Crippen LogP contribution in [0, 0.1) is 0 Å². The summed E-state index contributed by atoms with van der Waals surface area (Å²) in [7, 11) is -3.46. The van der Waals surface area contributed by atoms with Crippen molar-refractivity contribution in [3.05, 3.63) is 59.1 Å². The number of rotatable bonds is 5. The number of hydrogen-bond acceptors (Lipinski definition) is 4. The van der Waals surface area contributed by atoms with E-state index in [1.165, 1.54) is 0 Å². The fourth-order valence-corrected chi connectivity index (χ4v) is 5.10. The Hall–Kier alpha value is -2.09. The largest absolute Gasteiger partial charge is 0.444 e. The fraction of sp³-hybridized carbons (Fsp3) is 0.480. The SMILES string of the molecule is CC(C)S(=O)(=O)N[C@H]1CCN(C(=O)OC(C)(C)C)C[C@@H]1c1ccc(-c2ccccc2Cl)cc1. The minimum absolute atomic E-state index is 0.208. The van der Waals surface area contributed by atoms with Crippen LogP contribution in [0.1, 0.15) is 52.5 Å². The molecule has 0 spiro atoms. The summed E-state index contributed by atoms with van der Waals surface area (Å²) in [5, 5.41) is 0.131. The normalized spacial score (nSPS) is 19.5. The van der Waals surface area contributed by atoms with Crippen LogP contribution in [0.2, 0.25) is 5.02 Å². The molecular formula is C25H33ClN2O4S. The molecule has 0 unspecified atom stereocenters.